The third-order valence-electron chi connectivity index (χ3n) is 4.05. The Morgan fingerprint density at radius 2 is 1.89 bits per heavy atom. The second-order valence-electron chi connectivity index (χ2n) is 5.94. The molecule has 0 saturated carbocycles. The standard InChI is InChI=1S/C20H14N4O4/c25-20(18-6-3-11-28-18)23-17(12-13-7-9-14(10-8-13)24(26)27)19-21-15-4-1-2-5-16(15)22-19/h1-12H,(H,21,22)(H,23,25). The van der Waals surface area contributed by atoms with E-state index in [2.05, 4.69) is 15.3 Å². The van der Waals surface area contributed by atoms with Gasteiger partial charge in [0.2, 0.25) is 0 Å². The molecule has 8 heteroatoms. The molecule has 0 saturated heterocycles. The number of rotatable bonds is 5. The number of aromatic amines is 1. The maximum Gasteiger partial charge on any atom is 0.291 e. The van der Waals surface area contributed by atoms with Crippen LogP contribution < -0.4 is 5.32 Å². The molecule has 0 atom stereocenters. The third-order valence-corrected chi connectivity index (χ3v) is 4.05. The predicted octanol–water partition coefficient (Wildman–Crippen LogP) is 3.99. The molecule has 8 nitrogen and oxygen atoms in total. The first-order chi connectivity index (χ1) is 13.6. The fourth-order valence-electron chi connectivity index (χ4n) is 2.69. The van der Waals surface area contributed by atoms with Crippen molar-refractivity contribution in [2.45, 2.75) is 0 Å². The van der Waals surface area contributed by atoms with Gasteiger partial charge in [-0.3, -0.25) is 14.9 Å². The van der Waals surface area contributed by atoms with E-state index >= 15 is 0 Å². The van der Waals surface area contributed by atoms with Gasteiger partial charge in [-0.15, -0.1) is 0 Å². The number of non-ortho nitro benzene ring substituents is 1. The molecule has 1 amide bonds. The normalized spacial score (nSPS) is 11.5. The Bertz CT molecular complexity index is 1140. The van der Waals surface area contributed by atoms with Crippen LogP contribution in [0.25, 0.3) is 22.8 Å². The molecule has 0 bridgehead atoms. The summed E-state index contributed by atoms with van der Waals surface area (Å²) in [6.07, 6.45) is 3.10. The van der Waals surface area contributed by atoms with Crippen LogP contribution in [0.4, 0.5) is 5.69 Å². The first-order valence-electron chi connectivity index (χ1n) is 8.36. The highest BCUT2D eigenvalue weighted by Crippen LogP contribution is 2.20. The zero-order valence-corrected chi connectivity index (χ0v) is 14.5. The van der Waals surface area contributed by atoms with E-state index in [0.717, 1.165) is 11.0 Å². The maximum atomic E-state index is 12.5. The minimum absolute atomic E-state index is 0.0120. The van der Waals surface area contributed by atoms with Gasteiger partial charge in [0.1, 0.15) is 0 Å². The van der Waals surface area contributed by atoms with E-state index in [-0.39, 0.29) is 11.4 Å². The maximum absolute atomic E-state index is 12.5. The summed E-state index contributed by atoms with van der Waals surface area (Å²) in [5, 5.41) is 13.6. The van der Waals surface area contributed by atoms with Crippen molar-refractivity contribution in [3.05, 3.63) is 94.2 Å². The van der Waals surface area contributed by atoms with Crippen LogP contribution in [0.3, 0.4) is 0 Å². The third kappa shape index (κ3) is 3.51. The largest absolute Gasteiger partial charge is 0.459 e. The number of hydrogen-bond donors (Lipinski definition) is 2. The Morgan fingerprint density at radius 3 is 2.57 bits per heavy atom. The zero-order chi connectivity index (χ0) is 19.5. The van der Waals surface area contributed by atoms with Gasteiger partial charge in [-0.25, -0.2) is 4.98 Å². The smallest absolute Gasteiger partial charge is 0.291 e. The number of carbonyl (C=O) groups excluding carboxylic acids is 1. The number of fused-ring (bicyclic) bond motifs is 1. The summed E-state index contributed by atoms with van der Waals surface area (Å²) < 4.78 is 5.14. The quantitative estimate of drug-likeness (QED) is 0.405. The van der Waals surface area contributed by atoms with Crippen molar-refractivity contribution in [1.82, 2.24) is 15.3 Å². The molecule has 0 radical (unpaired) electrons. The van der Waals surface area contributed by atoms with Crippen LogP contribution in [-0.4, -0.2) is 20.8 Å². The lowest BCUT2D eigenvalue weighted by molar-refractivity contribution is -0.384. The number of hydrogen-bond acceptors (Lipinski definition) is 5. The van der Waals surface area contributed by atoms with Gasteiger partial charge >= 0.3 is 0 Å². The van der Waals surface area contributed by atoms with Gasteiger partial charge in [0, 0.05) is 12.1 Å². The van der Waals surface area contributed by atoms with Crippen LogP contribution in [0.2, 0.25) is 0 Å². The number of aromatic nitrogens is 2. The van der Waals surface area contributed by atoms with Gasteiger partial charge in [-0.05, 0) is 48.0 Å². The van der Waals surface area contributed by atoms with Gasteiger partial charge in [0.25, 0.3) is 11.6 Å². The lowest BCUT2D eigenvalue weighted by atomic mass is 10.1. The molecule has 0 aliphatic rings. The number of nitro benzene ring substituents is 1. The second-order valence-corrected chi connectivity index (χ2v) is 5.94. The molecule has 4 aromatic rings. The molecule has 2 aromatic carbocycles. The molecule has 2 aromatic heterocycles. The fraction of sp³-hybridized carbons (Fsp3) is 0. The average molecular weight is 374 g/mol. The van der Waals surface area contributed by atoms with Crippen molar-refractivity contribution in [2.75, 3.05) is 0 Å². The molecular formula is C20H14N4O4. The number of para-hydroxylation sites is 2. The Labute approximate surface area is 158 Å². The van der Waals surface area contributed by atoms with Gasteiger partial charge in [-0.2, -0.15) is 0 Å². The SMILES string of the molecule is O=C(NC(=Cc1ccc([N+](=O)[O-])cc1)c1nc2ccccc2[nH]1)c1ccco1. The van der Waals surface area contributed by atoms with Crippen LogP contribution in [0.5, 0.6) is 0 Å². The summed E-state index contributed by atoms with van der Waals surface area (Å²) in [7, 11) is 0. The molecule has 2 N–H and O–H groups in total. The van der Waals surface area contributed by atoms with E-state index in [9.17, 15) is 14.9 Å². The van der Waals surface area contributed by atoms with Crippen molar-refractivity contribution < 1.29 is 14.1 Å². The molecule has 0 aliphatic carbocycles. The Hall–Kier alpha value is -4.20. The minimum atomic E-state index is -0.466. The van der Waals surface area contributed by atoms with Crippen molar-refractivity contribution in [3.63, 3.8) is 0 Å². The van der Waals surface area contributed by atoms with E-state index in [0.29, 0.717) is 17.1 Å². The number of amides is 1. The van der Waals surface area contributed by atoms with E-state index < -0.39 is 10.8 Å². The van der Waals surface area contributed by atoms with Gasteiger partial charge in [0.05, 0.1) is 27.9 Å². The predicted molar refractivity (Wildman–Crippen MR) is 103 cm³/mol. The molecule has 0 spiro atoms. The van der Waals surface area contributed by atoms with Crippen LogP contribution in [-0.2, 0) is 0 Å². The van der Waals surface area contributed by atoms with Crippen molar-refractivity contribution in [1.29, 1.82) is 0 Å². The number of H-pyrrole nitrogens is 1. The van der Waals surface area contributed by atoms with E-state index in [1.165, 1.54) is 18.4 Å². The molecule has 138 valence electrons. The van der Waals surface area contributed by atoms with Crippen LogP contribution >= 0.6 is 0 Å². The monoisotopic (exact) mass is 374 g/mol. The first kappa shape index (κ1) is 17.2. The molecule has 0 aliphatic heterocycles. The number of carbonyl (C=O) groups is 1. The number of nitrogens with one attached hydrogen (secondary N) is 2. The zero-order valence-electron chi connectivity index (χ0n) is 14.5. The Kier molecular flexibility index (Phi) is 4.43. The first-order valence-corrected chi connectivity index (χ1v) is 8.36. The molecule has 4 rings (SSSR count). The van der Waals surface area contributed by atoms with Crippen LogP contribution in [0.15, 0.2) is 71.3 Å². The summed E-state index contributed by atoms with van der Waals surface area (Å²) in [6.45, 7) is 0. The average Bonchev–Trinajstić information content (AvgIpc) is 3.37. The number of furan rings is 1. The highest BCUT2D eigenvalue weighted by molar-refractivity contribution is 6.00. The number of nitrogens with zero attached hydrogens (tertiary/aromatic N) is 2. The molecule has 2 heterocycles. The lowest BCUT2D eigenvalue weighted by Crippen LogP contribution is -2.22. The fourth-order valence-corrected chi connectivity index (χ4v) is 2.69. The minimum Gasteiger partial charge on any atom is -0.459 e. The summed E-state index contributed by atoms with van der Waals surface area (Å²) in [5.41, 5.74) is 2.63. The molecule has 28 heavy (non-hydrogen) atoms. The Balaban J connectivity index is 1.73. The van der Waals surface area contributed by atoms with Gasteiger partial charge in [0.15, 0.2) is 11.6 Å². The van der Waals surface area contributed by atoms with Gasteiger partial charge < -0.3 is 14.7 Å². The number of nitro groups is 1. The number of imidazole rings is 1. The van der Waals surface area contributed by atoms with Crippen molar-refractivity contribution >= 4 is 34.4 Å². The summed E-state index contributed by atoms with van der Waals surface area (Å²) >= 11 is 0. The highest BCUT2D eigenvalue weighted by atomic mass is 16.6. The summed E-state index contributed by atoms with van der Waals surface area (Å²) in [6, 6.07) is 16.6. The highest BCUT2D eigenvalue weighted by Gasteiger charge is 2.15. The molecular weight excluding hydrogens is 360 g/mol. The topological polar surface area (TPSA) is 114 Å². The number of benzene rings is 2. The van der Waals surface area contributed by atoms with Crippen molar-refractivity contribution in [3.8, 4) is 0 Å². The molecule has 0 unspecified atom stereocenters. The van der Waals surface area contributed by atoms with E-state index in [4.69, 9.17) is 4.42 Å². The van der Waals surface area contributed by atoms with Crippen LogP contribution in [0, 0.1) is 10.1 Å². The second kappa shape index (κ2) is 7.20. The van der Waals surface area contributed by atoms with E-state index in [1.807, 2.05) is 24.3 Å². The van der Waals surface area contributed by atoms with Crippen molar-refractivity contribution in [2.24, 2.45) is 0 Å². The Morgan fingerprint density at radius 1 is 1.11 bits per heavy atom. The van der Waals surface area contributed by atoms with E-state index in [1.54, 1.807) is 30.3 Å². The van der Waals surface area contributed by atoms with Gasteiger partial charge in [-0.1, -0.05) is 12.1 Å². The lowest BCUT2D eigenvalue weighted by Gasteiger charge is -2.07. The van der Waals surface area contributed by atoms with Crippen LogP contribution in [0.1, 0.15) is 21.9 Å². The summed E-state index contributed by atoms with van der Waals surface area (Å²) in [4.78, 5) is 30.5. The molecule has 0 fully saturated rings. The summed E-state index contributed by atoms with van der Waals surface area (Å²) in [5.74, 6) is 0.184.